The number of fused-ring (bicyclic) bond motifs is 1. The minimum Gasteiger partial charge on any atom is -0.460 e. The average Bonchev–Trinajstić information content (AvgIpc) is 3.19. The van der Waals surface area contributed by atoms with E-state index in [1.54, 1.807) is 24.3 Å². The number of nitrogens with one attached hydrogen (secondary N) is 1. The SMILES string of the molecule is C=CCOC(=O)[C@H]([C@@H](C)CC)N(C)S(=O)(=O)c1ccc(Cc2[nH]ccc3nc(C)nc2-3)cc1. The largest absolute Gasteiger partial charge is 0.460 e. The number of imidazole rings is 1. The second kappa shape index (κ2) is 10.3. The summed E-state index contributed by atoms with van der Waals surface area (Å²) in [7, 11) is -2.49. The summed E-state index contributed by atoms with van der Waals surface area (Å²) in [5.41, 5.74) is 3.45. The Labute approximate surface area is 195 Å². The highest BCUT2D eigenvalue weighted by molar-refractivity contribution is 7.89. The molecule has 1 N–H and O–H groups in total. The van der Waals surface area contributed by atoms with Gasteiger partial charge in [0.25, 0.3) is 0 Å². The second-order valence-corrected chi connectivity index (χ2v) is 10.0. The first-order valence-corrected chi connectivity index (χ1v) is 12.3. The van der Waals surface area contributed by atoms with Gasteiger partial charge in [-0.2, -0.15) is 4.31 Å². The van der Waals surface area contributed by atoms with Crippen LogP contribution in [0.2, 0.25) is 0 Å². The van der Waals surface area contributed by atoms with Crippen LogP contribution in [0.3, 0.4) is 0 Å². The molecular formula is C24H30N4O4S. The van der Waals surface area contributed by atoms with Crippen LogP contribution in [0.15, 0.2) is 54.1 Å². The summed E-state index contributed by atoms with van der Waals surface area (Å²) < 4.78 is 32.9. The Hall–Kier alpha value is -3.04. The molecule has 8 nitrogen and oxygen atoms in total. The molecule has 3 rings (SSSR count). The lowest BCUT2D eigenvalue weighted by atomic mass is 9.99. The van der Waals surface area contributed by atoms with Crippen molar-refractivity contribution in [3.63, 3.8) is 0 Å². The van der Waals surface area contributed by atoms with Crippen LogP contribution < -0.4 is 0 Å². The summed E-state index contributed by atoms with van der Waals surface area (Å²) in [5.74, 6) is -0.0917. The first-order chi connectivity index (χ1) is 15.7. The van der Waals surface area contributed by atoms with Gasteiger partial charge in [-0.25, -0.2) is 18.4 Å². The molecule has 2 aliphatic heterocycles. The maximum atomic E-state index is 13.3. The molecule has 0 aliphatic carbocycles. The van der Waals surface area contributed by atoms with Crippen molar-refractivity contribution in [2.24, 2.45) is 5.92 Å². The number of pyridine rings is 1. The Morgan fingerprint density at radius 1 is 1.24 bits per heavy atom. The quantitative estimate of drug-likeness (QED) is 0.359. The number of benzene rings is 1. The van der Waals surface area contributed by atoms with E-state index in [0.29, 0.717) is 18.7 Å². The van der Waals surface area contributed by atoms with Crippen LogP contribution in [0.25, 0.3) is 11.4 Å². The fourth-order valence-corrected chi connectivity index (χ4v) is 5.13. The molecule has 0 fully saturated rings. The van der Waals surface area contributed by atoms with Crippen molar-refractivity contribution in [2.75, 3.05) is 13.7 Å². The number of hydrogen-bond donors (Lipinski definition) is 1. The maximum absolute atomic E-state index is 13.3. The first-order valence-electron chi connectivity index (χ1n) is 10.8. The first kappa shape index (κ1) is 24.6. The number of rotatable bonds is 10. The molecule has 9 heteroatoms. The number of aromatic nitrogens is 3. The monoisotopic (exact) mass is 470 g/mol. The van der Waals surface area contributed by atoms with Crippen LogP contribution in [0, 0.1) is 12.8 Å². The Balaban J connectivity index is 1.83. The number of aryl methyl sites for hydroxylation is 1. The van der Waals surface area contributed by atoms with Crippen molar-refractivity contribution in [3.05, 3.63) is 66.3 Å². The number of carbonyl (C=O) groups is 1. The molecule has 1 aromatic carbocycles. The number of ether oxygens (including phenoxy) is 1. The summed E-state index contributed by atoms with van der Waals surface area (Å²) in [5, 5.41) is 0. The van der Waals surface area contributed by atoms with Crippen LogP contribution in [-0.2, 0) is 26.0 Å². The molecule has 176 valence electrons. The smallest absolute Gasteiger partial charge is 0.325 e. The number of hydrogen-bond acceptors (Lipinski definition) is 6. The third kappa shape index (κ3) is 5.31. The van der Waals surface area contributed by atoms with Crippen molar-refractivity contribution in [1.29, 1.82) is 0 Å². The summed E-state index contributed by atoms with van der Waals surface area (Å²) in [4.78, 5) is 24.8. The van der Waals surface area contributed by atoms with Crippen molar-refractivity contribution in [3.8, 4) is 11.4 Å². The number of aromatic amines is 1. The molecule has 0 amide bonds. The molecule has 1 aromatic rings. The van der Waals surface area contributed by atoms with E-state index in [4.69, 9.17) is 4.74 Å². The van der Waals surface area contributed by atoms with E-state index in [2.05, 4.69) is 21.5 Å². The van der Waals surface area contributed by atoms with Crippen molar-refractivity contribution >= 4 is 16.0 Å². The topological polar surface area (TPSA) is 105 Å². The highest BCUT2D eigenvalue weighted by atomic mass is 32.2. The molecule has 0 aromatic heterocycles. The van der Waals surface area contributed by atoms with E-state index in [-0.39, 0.29) is 17.4 Å². The minimum absolute atomic E-state index is 0.0331. The van der Waals surface area contributed by atoms with Crippen LogP contribution in [0.4, 0.5) is 0 Å². The summed E-state index contributed by atoms with van der Waals surface area (Å²) in [6.45, 7) is 9.16. The summed E-state index contributed by atoms with van der Waals surface area (Å²) in [6.07, 6.45) is 4.45. The average molecular weight is 471 g/mol. The molecule has 0 saturated carbocycles. The van der Waals surface area contributed by atoms with E-state index in [9.17, 15) is 13.2 Å². The standard InChI is InChI=1S/C24H30N4O4S/c1-6-14-32-24(29)23(16(3)7-2)28(5)33(30,31)19-10-8-18(9-11-19)15-21-22-20(12-13-25-21)26-17(4)27-22/h6,8-13,16,23,25H,1,7,14-15H2,2-5H3/t16-,23-/m0/s1. The minimum atomic E-state index is -3.91. The molecule has 0 saturated heterocycles. The van der Waals surface area contributed by atoms with Crippen molar-refractivity contribution in [2.45, 2.75) is 44.6 Å². The Morgan fingerprint density at radius 3 is 2.58 bits per heavy atom. The van der Waals surface area contributed by atoms with Crippen LogP contribution in [0.5, 0.6) is 0 Å². The molecule has 0 radical (unpaired) electrons. The van der Waals surface area contributed by atoms with Gasteiger partial charge in [0.2, 0.25) is 10.0 Å². The summed E-state index contributed by atoms with van der Waals surface area (Å²) in [6, 6.07) is 7.61. The van der Waals surface area contributed by atoms with Crippen molar-refractivity contribution < 1.29 is 17.9 Å². The molecule has 2 aliphatic rings. The molecular weight excluding hydrogens is 440 g/mol. The van der Waals surface area contributed by atoms with E-state index in [1.807, 2.05) is 33.0 Å². The van der Waals surface area contributed by atoms with Gasteiger partial charge < -0.3 is 9.72 Å². The predicted molar refractivity (Wildman–Crippen MR) is 126 cm³/mol. The van der Waals surface area contributed by atoms with Crippen LogP contribution in [0.1, 0.15) is 37.4 Å². The third-order valence-electron chi connectivity index (χ3n) is 5.72. The molecule has 2 atom stereocenters. The normalized spacial score (nSPS) is 13.7. The van der Waals surface area contributed by atoms with E-state index in [1.165, 1.54) is 13.1 Å². The number of esters is 1. The Bertz CT molecular complexity index is 1190. The molecule has 2 heterocycles. The van der Waals surface area contributed by atoms with Crippen LogP contribution in [-0.4, -0.2) is 53.3 Å². The molecule has 33 heavy (non-hydrogen) atoms. The Kier molecular flexibility index (Phi) is 7.65. The fraction of sp³-hybridized carbons (Fsp3) is 0.375. The fourth-order valence-electron chi connectivity index (χ4n) is 3.72. The van der Waals surface area contributed by atoms with E-state index >= 15 is 0 Å². The van der Waals surface area contributed by atoms with Gasteiger partial charge in [0, 0.05) is 25.4 Å². The maximum Gasteiger partial charge on any atom is 0.325 e. The highest BCUT2D eigenvalue weighted by Crippen LogP contribution is 2.26. The predicted octanol–water partition coefficient (Wildman–Crippen LogP) is 3.57. The van der Waals surface area contributed by atoms with Gasteiger partial charge in [-0.1, -0.05) is 45.1 Å². The van der Waals surface area contributed by atoms with Crippen LogP contribution >= 0.6 is 0 Å². The van der Waals surface area contributed by atoms with E-state index < -0.39 is 22.0 Å². The number of H-pyrrole nitrogens is 1. The number of sulfonamides is 1. The van der Waals surface area contributed by atoms with Gasteiger partial charge in [-0.3, -0.25) is 4.79 Å². The molecule has 0 spiro atoms. The van der Waals surface area contributed by atoms with Gasteiger partial charge >= 0.3 is 5.97 Å². The second-order valence-electron chi connectivity index (χ2n) is 8.05. The van der Waals surface area contributed by atoms with Crippen molar-refractivity contribution in [1.82, 2.24) is 19.3 Å². The van der Waals surface area contributed by atoms with Gasteiger partial charge in [0.05, 0.1) is 10.6 Å². The lowest BCUT2D eigenvalue weighted by Crippen LogP contribution is -2.47. The number of carbonyl (C=O) groups excluding carboxylic acids is 1. The lowest BCUT2D eigenvalue weighted by molar-refractivity contribution is -0.148. The summed E-state index contributed by atoms with van der Waals surface area (Å²) >= 11 is 0. The van der Waals surface area contributed by atoms with Gasteiger partial charge in [-0.15, -0.1) is 0 Å². The van der Waals surface area contributed by atoms with Gasteiger partial charge in [-0.05, 0) is 36.6 Å². The Morgan fingerprint density at radius 2 is 1.94 bits per heavy atom. The zero-order valence-corrected chi connectivity index (χ0v) is 20.2. The highest BCUT2D eigenvalue weighted by Gasteiger charge is 2.37. The number of likely N-dealkylation sites (N-methyl/N-ethyl adjacent to an activating group) is 1. The zero-order chi connectivity index (χ0) is 24.2. The van der Waals surface area contributed by atoms with Gasteiger partial charge in [0.1, 0.15) is 24.2 Å². The van der Waals surface area contributed by atoms with Gasteiger partial charge in [0.15, 0.2) is 0 Å². The van der Waals surface area contributed by atoms with E-state index in [0.717, 1.165) is 27.0 Å². The zero-order valence-electron chi connectivity index (χ0n) is 19.4. The number of nitrogens with zero attached hydrogens (tertiary/aromatic N) is 3. The third-order valence-corrected chi connectivity index (χ3v) is 7.58. The molecule has 0 bridgehead atoms. The molecule has 0 unspecified atom stereocenters. The lowest BCUT2D eigenvalue weighted by Gasteiger charge is -2.29.